The van der Waals surface area contributed by atoms with Gasteiger partial charge in [-0.1, -0.05) is 24.3 Å². The Bertz CT molecular complexity index is 667. The number of benzene rings is 1. The fourth-order valence-electron chi connectivity index (χ4n) is 2.72. The summed E-state index contributed by atoms with van der Waals surface area (Å²) in [5.41, 5.74) is 1.69. The predicted molar refractivity (Wildman–Crippen MR) is 74.5 cm³/mol. The monoisotopic (exact) mass is 285 g/mol. The molecule has 0 aliphatic carbocycles. The number of carbonyl (C=O) groups is 2. The molecule has 0 fully saturated rings. The van der Waals surface area contributed by atoms with Gasteiger partial charge in [0.1, 0.15) is 6.54 Å². The lowest BCUT2D eigenvalue weighted by Crippen LogP contribution is -2.44. The first kappa shape index (κ1) is 13.4. The highest BCUT2D eigenvalue weighted by Gasteiger charge is 2.35. The minimum atomic E-state index is -1.00. The predicted octanol–water partition coefficient (Wildman–Crippen LogP) is 1.09. The second-order valence-electron chi connectivity index (χ2n) is 4.98. The summed E-state index contributed by atoms with van der Waals surface area (Å²) in [6.07, 6.45) is 3.95. The molecule has 0 bridgehead atoms. The van der Waals surface area contributed by atoms with Gasteiger partial charge in [0, 0.05) is 18.9 Å². The van der Waals surface area contributed by atoms with E-state index in [1.54, 1.807) is 30.6 Å². The van der Waals surface area contributed by atoms with Crippen LogP contribution in [0.15, 0.2) is 42.7 Å². The van der Waals surface area contributed by atoms with Crippen LogP contribution in [0.25, 0.3) is 0 Å². The number of rotatable bonds is 3. The van der Waals surface area contributed by atoms with Crippen molar-refractivity contribution in [3.05, 3.63) is 53.9 Å². The van der Waals surface area contributed by atoms with Crippen molar-refractivity contribution in [3.8, 4) is 0 Å². The maximum absolute atomic E-state index is 12.4. The van der Waals surface area contributed by atoms with Crippen LogP contribution in [0.2, 0.25) is 0 Å². The van der Waals surface area contributed by atoms with Gasteiger partial charge in [0.05, 0.1) is 0 Å². The summed E-state index contributed by atoms with van der Waals surface area (Å²) in [5.74, 6) is -1.24. The number of aromatic nitrogens is 2. The lowest BCUT2D eigenvalue weighted by Gasteiger charge is -2.34. The SMILES string of the molecule is O=C(O)C1c2ccccc2CCN1C(=O)Cn1cccn1. The molecule has 0 radical (unpaired) electrons. The Morgan fingerprint density at radius 3 is 2.81 bits per heavy atom. The highest BCUT2D eigenvalue weighted by Crippen LogP contribution is 2.30. The lowest BCUT2D eigenvalue weighted by molar-refractivity contribution is -0.151. The lowest BCUT2D eigenvalue weighted by atomic mass is 9.92. The number of aliphatic carboxylic acids is 1. The van der Waals surface area contributed by atoms with E-state index in [4.69, 9.17) is 0 Å². The molecule has 1 unspecified atom stereocenters. The smallest absolute Gasteiger partial charge is 0.331 e. The zero-order valence-electron chi connectivity index (χ0n) is 11.3. The third-order valence-corrected chi connectivity index (χ3v) is 3.69. The van der Waals surface area contributed by atoms with Gasteiger partial charge in [-0.15, -0.1) is 0 Å². The summed E-state index contributed by atoms with van der Waals surface area (Å²) in [6.45, 7) is 0.465. The summed E-state index contributed by atoms with van der Waals surface area (Å²) in [7, 11) is 0. The first-order valence-corrected chi connectivity index (χ1v) is 6.74. The summed E-state index contributed by atoms with van der Waals surface area (Å²) >= 11 is 0. The molecular formula is C15H15N3O3. The molecule has 6 nitrogen and oxygen atoms in total. The van der Waals surface area contributed by atoms with E-state index in [1.165, 1.54) is 9.58 Å². The maximum Gasteiger partial charge on any atom is 0.331 e. The molecule has 3 rings (SSSR count). The van der Waals surface area contributed by atoms with Crippen LogP contribution in [-0.2, 0) is 22.6 Å². The highest BCUT2D eigenvalue weighted by molar-refractivity contribution is 5.85. The van der Waals surface area contributed by atoms with Gasteiger partial charge in [0.25, 0.3) is 0 Å². The summed E-state index contributed by atoms with van der Waals surface area (Å²) in [5, 5.41) is 13.5. The minimum absolute atomic E-state index is 0.0545. The first-order valence-electron chi connectivity index (χ1n) is 6.74. The Morgan fingerprint density at radius 2 is 2.10 bits per heavy atom. The van der Waals surface area contributed by atoms with E-state index in [0.29, 0.717) is 18.5 Å². The van der Waals surface area contributed by atoms with Crippen LogP contribution in [0.1, 0.15) is 17.2 Å². The number of fused-ring (bicyclic) bond motifs is 1. The van der Waals surface area contributed by atoms with Crippen LogP contribution >= 0.6 is 0 Å². The minimum Gasteiger partial charge on any atom is -0.479 e. The van der Waals surface area contributed by atoms with Gasteiger partial charge >= 0.3 is 5.97 Å². The summed E-state index contributed by atoms with van der Waals surface area (Å²) in [4.78, 5) is 25.4. The van der Waals surface area contributed by atoms with Gasteiger partial charge in [-0.2, -0.15) is 5.10 Å². The zero-order chi connectivity index (χ0) is 14.8. The molecule has 0 spiro atoms. The van der Waals surface area contributed by atoms with E-state index >= 15 is 0 Å². The second kappa shape index (κ2) is 5.40. The van der Waals surface area contributed by atoms with E-state index in [9.17, 15) is 14.7 Å². The molecule has 1 aromatic heterocycles. The van der Waals surface area contributed by atoms with Crippen molar-refractivity contribution < 1.29 is 14.7 Å². The average molecular weight is 285 g/mol. The molecule has 1 aliphatic heterocycles. The Kier molecular flexibility index (Phi) is 3.43. The zero-order valence-corrected chi connectivity index (χ0v) is 11.3. The molecule has 108 valence electrons. The normalized spacial score (nSPS) is 17.3. The van der Waals surface area contributed by atoms with Crippen LogP contribution in [0.5, 0.6) is 0 Å². The number of hydrogen-bond acceptors (Lipinski definition) is 3. The van der Waals surface area contributed by atoms with Crippen LogP contribution in [0.4, 0.5) is 0 Å². The number of nitrogens with zero attached hydrogens (tertiary/aromatic N) is 3. The fourth-order valence-corrected chi connectivity index (χ4v) is 2.72. The van der Waals surface area contributed by atoms with Crippen molar-refractivity contribution in [2.75, 3.05) is 6.54 Å². The molecule has 1 atom stereocenters. The van der Waals surface area contributed by atoms with Crippen LogP contribution < -0.4 is 0 Å². The molecular weight excluding hydrogens is 270 g/mol. The molecule has 0 saturated carbocycles. The van der Waals surface area contributed by atoms with Crippen LogP contribution in [0, 0.1) is 0 Å². The van der Waals surface area contributed by atoms with E-state index < -0.39 is 12.0 Å². The molecule has 1 amide bonds. The number of carbonyl (C=O) groups excluding carboxylic acids is 1. The van der Waals surface area contributed by atoms with E-state index in [1.807, 2.05) is 12.1 Å². The number of hydrogen-bond donors (Lipinski definition) is 1. The molecule has 21 heavy (non-hydrogen) atoms. The van der Waals surface area contributed by atoms with Gasteiger partial charge < -0.3 is 10.0 Å². The largest absolute Gasteiger partial charge is 0.479 e. The topological polar surface area (TPSA) is 75.4 Å². The molecule has 1 N–H and O–H groups in total. The Morgan fingerprint density at radius 1 is 1.29 bits per heavy atom. The summed E-state index contributed by atoms with van der Waals surface area (Å²) in [6, 6.07) is 8.20. The molecule has 6 heteroatoms. The van der Waals surface area contributed by atoms with Gasteiger partial charge in [-0.25, -0.2) is 4.79 Å². The molecule has 1 aliphatic rings. The number of amides is 1. The molecule has 2 heterocycles. The van der Waals surface area contributed by atoms with E-state index in [-0.39, 0.29) is 12.5 Å². The second-order valence-corrected chi connectivity index (χ2v) is 4.98. The Labute approximate surface area is 121 Å². The van der Waals surface area contributed by atoms with Gasteiger partial charge in [-0.05, 0) is 23.6 Å². The van der Waals surface area contributed by atoms with Crippen molar-refractivity contribution >= 4 is 11.9 Å². The standard InChI is InChI=1S/C15H15N3O3/c19-13(10-17-8-3-7-16-17)18-9-6-11-4-1-2-5-12(11)14(18)15(20)21/h1-5,7-8,14H,6,9-10H2,(H,20,21). The van der Waals surface area contributed by atoms with Crippen molar-refractivity contribution in [1.29, 1.82) is 0 Å². The van der Waals surface area contributed by atoms with Crippen molar-refractivity contribution in [2.24, 2.45) is 0 Å². The van der Waals surface area contributed by atoms with E-state index in [0.717, 1.165) is 5.56 Å². The molecule has 0 saturated heterocycles. The van der Waals surface area contributed by atoms with Crippen LogP contribution in [0.3, 0.4) is 0 Å². The van der Waals surface area contributed by atoms with Crippen molar-refractivity contribution in [2.45, 2.75) is 19.0 Å². The fraction of sp³-hybridized carbons (Fsp3) is 0.267. The summed E-state index contributed by atoms with van der Waals surface area (Å²) < 4.78 is 1.50. The quantitative estimate of drug-likeness (QED) is 0.916. The van der Waals surface area contributed by atoms with Gasteiger partial charge in [0.15, 0.2) is 6.04 Å². The van der Waals surface area contributed by atoms with Crippen molar-refractivity contribution in [3.63, 3.8) is 0 Å². The molecule has 2 aromatic rings. The van der Waals surface area contributed by atoms with E-state index in [2.05, 4.69) is 5.10 Å². The van der Waals surface area contributed by atoms with Gasteiger partial charge in [0.2, 0.25) is 5.91 Å². The molecule has 1 aromatic carbocycles. The number of carboxylic acids is 1. The third kappa shape index (κ3) is 2.52. The first-order chi connectivity index (χ1) is 10.2. The number of carboxylic acid groups (broad SMARTS) is 1. The maximum atomic E-state index is 12.4. The Hall–Kier alpha value is -2.63. The highest BCUT2D eigenvalue weighted by atomic mass is 16.4. The third-order valence-electron chi connectivity index (χ3n) is 3.69. The van der Waals surface area contributed by atoms with Gasteiger partial charge in [-0.3, -0.25) is 9.48 Å². The van der Waals surface area contributed by atoms with Crippen molar-refractivity contribution in [1.82, 2.24) is 14.7 Å². The Balaban J connectivity index is 1.88. The average Bonchev–Trinajstić information content (AvgIpc) is 2.98. The van der Waals surface area contributed by atoms with Crippen LogP contribution in [-0.4, -0.2) is 38.2 Å².